The van der Waals surface area contributed by atoms with Gasteiger partial charge in [0.2, 0.25) is 0 Å². The van der Waals surface area contributed by atoms with Crippen molar-refractivity contribution in [2.45, 2.75) is 25.6 Å². The summed E-state index contributed by atoms with van der Waals surface area (Å²) in [5.41, 5.74) is 6.55. The highest BCUT2D eigenvalue weighted by Crippen LogP contribution is 2.27. The van der Waals surface area contributed by atoms with E-state index < -0.39 is 0 Å². The van der Waals surface area contributed by atoms with Gasteiger partial charge >= 0.3 is 0 Å². The second-order valence-electron chi connectivity index (χ2n) is 8.68. The van der Waals surface area contributed by atoms with Crippen molar-refractivity contribution in [3.63, 3.8) is 0 Å². The largest absolute Gasteiger partial charge is 0.383 e. The van der Waals surface area contributed by atoms with E-state index in [4.69, 9.17) is 4.98 Å². The Labute approximate surface area is 197 Å². The van der Waals surface area contributed by atoms with Gasteiger partial charge in [-0.25, -0.2) is 9.97 Å². The van der Waals surface area contributed by atoms with Gasteiger partial charge in [-0.3, -0.25) is 9.48 Å². The van der Waals surface area contributed by atoms with Crippen LogP contribution in [0.3, 0.4) is 0 Å². The summed E-state index contributed by atoms with van der Waals surface area (Å²) >= 11 is 0. The molecule has 1 amide bonds. The molecule has 1 atom stereocenters. The van der Waals surface area contributed by atoms with Gasteiger partial charge in [0.25, 0.3) is 5.91 Å². The van der Waals surface area contributed by atoms with Gasteiger partial charge in [0.15, 0.2) is 5.82 Å². The number of aromatic nitrogens is 4. The van der Waals surface area contributed by atoms with E-state index in [2.05, 4.69) is 62.4 Å². The fourth-order valence-corrected chi connectivity index (χ4v) is 4.56. The Morgan fingerprint density at radius 1 is 1.00 bits per heavy atom. The van der Waals surface area contributed by atoms with Crippen LogP contribution in [0.5, 0.6) is 0 Å². The molecule has 4 aromatic rings. The molecule has 2 aromatic carbocycles. The number of amides is 1. The first-order chi connectivity index (χ1) is 16.7. The number of carbonyl (C=O) groups excluding carboxylic acids is 1. The monoisotopic (exact) mass is 451 g/mol. The first-order valence-corrected chi connectivity index (χ1v) is 11.6. The van der Waals surface area contributed by atoms with Gasteiger partial charge in [0.1, 0.15) is 11.4 Å². The SMILES string of the molecule is O=C1NCCn2nc(-c3ccnc(-c4ccc5c(c4)CNC(Cc4ccccc4)CN5)n3)cc21. The van der Waals surface area contributed by atoms with Crippen LogP contribution >= 0.6 is 0 Å². The van der Waals surface area contributed by atoms with Crippen molar-refractivity contribution in [3.05, 3.63) is 83.7 Å². The maximum absolute atomic E-state index is 12.1. The van der Waals surface area contributed by atoms with E-state index in [9.17, 15) is 4.79 Å². The average molecular weight is 452 g/mol. The van der Waals surface area contributed by atoms with E-state index in [1.54, 1.807) is 16.9 Å². The topological polar surface area (TPSA) is 96.8 Å². The number of carbonyl (C=O) groups is 1. The second kappa shape index (κ2) is 8.72. The van der Waals surface area contributed by atoms with Gasteiger partial charge < -0.3 is 16.0 Å². The summed E-state index contributed by atoms with van der Waals surface area (Å²) in [5, 5.41) is 14.7. The van der Waals surface area contributed by atoms with Gasteiger partial charge in [-0.05, 0) is 47.9 Å². The van der Waals surface area contributed by atoms with E-state index in [0.29, 0.717) is 42.0 Å². The number of anilines is 1. The lowest BCUT2D eigenvalue weighted by Gasteiger charge is -2.15. The fraction of sp³-hybridized carbons (Fsp3) is 0.231. The van der Waals surface area contributed by atoms with Gasteiger partial charge in [-0.2, -0.15) is 5.10 Å². The van der Waals surface area contributed by atoms with Crippen molar-refractivity contribution in [3.8, 4) is 22.8 Å². The summed E-state index contributed by atoms with van der Waals surface area (Å²) < 4.78 is 1.74. The number of rotatable bonds is 4. The van der Waals surface area contributed by atoms with Crippen molar-refractivity contribution < 1.29 is 4.79 Å². The molecule has 2 aromatic heterocycles. The fourth-order valence-electron chi connectivity index (χ4n) is 4.56. The predicted molar refractivity (Wildman–Crippen MR) is 130 cm³/mol. The zero-order chi connectivity index (χ0) is 22.9. The summed E-state index contributed by atoms with van der Waals surface area (Å²) in [6.07, 6.45) is 2.72. The third kappa shape index (κ3) is 4.04. The number of fused-ring (bicyclic) bond motifs is 2. The van der Waals surface area contributed by atoms with Crippen LogP contribution < -0.4 is 16.0 Å². The summed E-state index contributed by atoms with van der Waals surface area (Å²) in [5.74, 6) is 0.538. The first kappa shape index (κ1) is 20.6. The van der Waals surface area contributed by atoms with Crippen LogP contribution in [0.4, 0.5) is 5.69 Å². The molecule has 170 valence electrons. The molecule has 8 nitrogen and oxygen atoms in total. The minimum atomic E-state index is -0.101. The Balaban J connectivity index is 1.23. The summed E-state index contributed by atoms with van der Waals surface area (Å²) in [4.78, 5) is 21.4. The molecule has 8 heteroatoms. The van der Waals surface area contributed by atoms with Crippen LogP contribution in [0.2, 0.25) is 0 Å². The lowest BCUT2D eigenvalue weighted by molar-refractivity contribution is 0.0924. The van der Waals surface area contributed by atoms with E-state index in [1.165, 1.54) is 11.1 Å². The molecule has 0 aliphatic carbocycles. The highest BCUT2D eigenvalue weighted by Gasteiger charge is 2.21. The predicted octanol–water partition coefficient (Wildman–Crippen LogP) is 2.88. The van der Waals surface area contributed by atoms with Crippen molar-refractivity contribution in [2.24, 2.45) is 0 Å². The van der Waals surface area contributed by atoms with Crippen LogP contribution in [0, 0.1) is 0 Å². The van der Waals surface area contributed by atoms with Gasteiger partial charge in [0.05, 0.1) is 12.2 Å². The molecule has 6 rings (SSSR count). The average Bonchev–Trinajstić information content (AvgIpc) is 3.23. The third-order valence-corrected chi connectivity index (χ3v) is 6.35. The minimum absolute atomic E-state index is 0.101. The van der Waals surface area contributed by atoms with Crippen molar-refractivity contribution in [1.82, 2.24) is 30.4 Å². The van der Waals surface area contributed by atoms with E-state index in [-0.39, 0.29) is 5.91 Å². The Morgan fingerprint density at radius 2 is 1.91 bits per heavy atom. The highest BCUT2D eigenvalue weighted by molar-refractivity contribution is 5.94. The van der Waals surface area contributed by atoms with E-state index in [1.807, 2.05) is 18.2 Å². The normalized spacial score (nSPS) is 17.2. The Bertz CT molecular complexity index is 1350. The van der Waals surface area contributed by atoms with Crippen molar-refractivity contribution >= 4 is 11.6 Å². The summed E-state index contributed by atoms with van der Waals surface area (Å²) in [7, 11) is 0. The Kier molecular flexibility index (Phi) is 5.27. The molecule has 34 heavy (non-hydrogen) atoms. The number of benzene rings is 2. The lowest BCUT2D eigenvalue weighted by atomic mass is 10.1. The van der Waals surface area contributed by atoms with Crippen LogP contribution in [0.1, 0.15) is 21.6 Å². The lowest BCUT2D eigenvalue weighted by Crippen LogP contribution is -2.35. The van der Waals surface area contributed by atoms with E-state index >= 15 is 0 Å². The molecular formula is C26H25N7O. The molecular weight excluding hydrogens is 426 g/mol. The third-order valence-electron chi connectivity index (χ3n) is 6.35. The quantitative estimate of drug-likeness (QED) is 0.442. The standard InChI is InChI=1S/C26H25N7O/c34-26-24-14-23(32-33(24)11-10-28-26)22-8-9-27-25(31-22)18-6-7-21-19(13-18)15-29-20(16-30-21)12-17-4-2-1-3-5-17/h1-9,13-14,20,29-30H,10-12,15-16H2,(H,28,34). The first-order valence-electron chi connectivity index (χ1n) is 11.6. The highest BCUT2D eigenvalue weighted by atomic mass is 16.2. The zero-order valence-corrected chi connectivity index (χ0v) is 18.7. The molecule has 0 saturated carbocycles. The van der Waals surface area contributed by atoms with Crippen LogP contribution in [0.15, 0.2) is 66.9 Å². The molecule has 0 spiro atoms. The smallest absolute Gasteiger partial charge is 0.269 e. The van der Waals surface area contributed by atoms with Gasteiger partial charge in [-0.1, -0.05) is 30.3 Å². The van der Waals surface area contributed by atoms with Gasteiger partial charge in [-0.15, -0.1) is 0 Å². The molecule has 0 bridgehead atoms. The van der Waals surface area contributed by atoms with Gasteiger partial charge in [0, 0.05) is 43.1 Å². The molecule has 4 heterocycles. The minimum Gasteiger partial charge on any atom is -0.383 e. The molecule has 0 fully saturated rings. The Hall–Kier alpha value is -4.04. The van der Waals surface area contributed by atoms with E-state index in [0.717, 1.165) is 30.8 Å². The second-order valence-corrected chi connectivity index (χ2v) is 8.68. The molecule has 0 saturated heterocycles. The van der Waals surface area contributed by atoms with Crippen LogP contribution in [-0.2, 0) is 19.5 Å². The van der Waals surface area contributed by atoms with Crippen molar-refractivity contribution in [2.75, 3.05) is 18.4 Å². The summed E-state index contributed by atoms with van der Waals surface area (Å²) in [6, 6.07) is 20.8. The summed E-state index contributed by atoms with van der Waals surface area (Å²) in [6.45, 7) is 2.89. The molecule has 2 aliphatic heterocycles. The zero-order valence-electron chi connectivity index (χ0n) is 18.7. The van der Waals surface area contributed by atoms with Crippen LogP contribution in [-0.4, -0.2) is 44.8 Å². The maximum atomic E-state index is 12.1. The molecule has 0 radical (unpaired) electrons. The molecule has 1 unspecified atom stereocenters. The molecule has 3 N–H and O–H groups in total. The maximum Gasteiger partial charge on any atom is 0.269 e. The number of nitrogens with one attached hydrogen (secondary N) is 3. The van der Waals surface area contributed by atoms with Crippen LogP contribution in [0.25, 0.3) is 22.8 Å². The number of hydrogen-bond donors (Lipinski definition) is 3. The number of nitrogens with zero attached hydrogens (tertiary/aromatic N) is 4. The van der Waals surface area contributed by atoms with Crippen molar-refractivity contribution in [1.29, 1.82) is 0 Å². The molecule has 2 aliphatic rings. The Morgan fingerprint density at radius 3 is 2.79 bits per heavy atom. The number of hydrogen-bond acceptors (Lipinski definition) is 6.